The van der Waals surface area contributed by atoms with Gasteiger partial charge >= 0.3 is 6.18 Å². The van der Waals surface area contributed by atoms with Crippen LogP contribution in [-0.4, -0.2) is 70.6 Å². The molecule has 2 N–H and O–H groups in total. The monoisotopic (exact) mass is 558 g/mol. The summed E-state index contributed by atoms with van der Waals surface area (Å²) in [6, 6.07) is 6.09. The van der Waals surface area contributed by atoms with Crippen LogP contribution in [0.25, 0.3) is 0 Å². The van der Waals surface area contributed by atoms with Crippen molar-refractivity contribution in [3.63, 3.8) is 0 Å². The number of alkyl halides is 3. The Morgan fingerprint density at radius 3 is 2.74 bits per heavy atom. The minimum atomic E-state index is -4.17. The quantitative estimate of drug-likeness (QED) is 0.199. The van der Waals surface area contributed by atoms with E-state index in [1.165, 1.54) is 11.9 Å². The van der Waals surface area contributed by atoms with E-state index in [0.29, 0.717) is 44.5 Å². The average molecular weight is 558 g/mol. The Hall–Kier alpha value is -1.27. The van der Waals surface area contributed by atoms with Crippen LogP contribution in [0, 0.1) is 12.8 Å². The van der Waals surface area contributed by atoms with Gasteiger partial charge in [0.1, 0.15) is 5.75 Å². The molecule has 1 atom stereocenters. The number of hydrogen-bond acceptors (Lipinski definition) is 4. The highest BCUT2D eigenvalue weighted by Gasteiger charge is 2.28. The summed E-state index contributed by atoms with van der Waals surface area (Å²) in [5.74, 6) is 1.87. The minimum absolute atomic E-state index is 0. The van der Waals surface area contributed by atoms with Crippen LogP contribution in [0.3, 0.4) is 0 Å². The van der Waals surface area contributed by atoms with Crippen molar-refractivity contribution in [3.05, 3.63) is 29.3 Å². The largest absolute Gasteiger partial charge is 0.493 e. The average Bonchev–Trinajstić information content (AvgIpc) is 3.19. The standard InChI is InChI=1S/C21H33F3N4O2.HI/c1-16-5-6-18(19(11-16)30-14-17-7-10-29-13-17)12-27-20(25-2)26-8-4-9-28(3)15-21(22,23)24;/h5-6,11,17H,4,7-10,12-15H2,1-3H3,(H2,25,26,27);1H. The second kappa shape index (κ2) is 14.0. The number of rotatable bonds is 10. The van der Waals surface area contributed by atoms with Gasteiger partial charge in [-0.1, -0.05) is 12.1 Å². The number of nitrogens with zero attached hydrogens (tertiary/aromatic N) is 2. The van der Waals surface area contributed by atoms with E-state index in [0.717, 1.165) is 36.5 Å². The molecule has 0 radical (unpaired) electrons. The van der Waals surface area contributed by atoms with Gasteiger partial charge in [-0.05, 0) is 45.0 Å². The van der Waals surface area contributed by atoms with E-state index in [2.05, 4.69) is 15.6 Å². The van der Waals surface area contributed by atoms with Gasteiger partial charge in [-0.2, -0.15) is 13.2 Å². The van der Waals surface area contributed by atoms with Crippen molar-refractivity contribution in [1.29, 1.82) is 0 Å². The SMILES string of the molecule is CN=C(NCCCN(C)CC(F)(F)F)NCc1ccc(C)cc1OCC1CCOC1.I. The molecule has 0 aliphatic carbocycles. The van der Waals surface area contributed by atoms with Gasteiger partial charge in [-0.25, -0.2) is 0 Å². The van der Waals surface area contributed by atoms with Crippen molar-refractivity contribution >= 4 is 29.9 Å². The highest BCUT2D eigenvalue weighted by Crippen LogP contribution is 2.22. The van der Waals surface area contributed by atoms with Crippen LogP contribution < -0.4 is 15.4 Å². The third-order valence-corrected chi connectivity index (χ3v) is 4.85. The van der Waals surface area contributed by atoms with Crippen molar-refractivity contribution in [2.24, 2.45) is 10.9 Å². The predicted octanol–water partition coefficient (Wildman–Crippen LogP) is 3.58. The fraction of sp³-hybridized carbons (Fsp3) is 0.667. The predicted molar refractivity (Wildman–Crippen MR) is 127 cm³/mol. The molecule has 0 amide bonds. The number of aliphatic imine (C=N–C) groups is 1. The molecule has 1 heterocycles. The molecular formula is C21H34F3IN4O2. The zero-order chi connectivity index (χ0) is 22.0. The van der Waals surface area contributed by atoms with Crippen LogP contribution in [0.15, 0.2) is 23.2 Å². The smallest absolute Gasteiger partial charge is 0.401 e. The zero-order valence-corrected chi connectivity index (χ0v) is 20.8. The number of ether oxygens (including phenoxy) is 2. The van der Waals surface area contributed by atoms with Gasteiger partial charge in [0.25, 0.3) is 0 Å². The lowest BCUT2D eigenvalue weighted by atomic mass is 10.1. The lowest BCUT2D eigenvalue weighted by Gasteiger charge is -2.19. The molecule has 1 saturated heterocycles. The van der Waals surface area contributed by atoms with Crippen molar-refractivity contribution in [3.8, 4) is 5.75 Å². The molecule has 1 aliphatic heterocycles. The zero-order valence-electron chi connectivity index (χ0n) is 18.4. The van der Waals surface area contributed by atoms with Gasteiger partial charge < -0.3 is 20.1 Å². The first-order chi connectivity index (χ1) is 14.3. The molecule has 0 bridgehead atoms. The van der Waals surface area contributed by atoms with Crippen molar-refractivity contribution in [1.82, 2.24) is 15.5 Å². The first-order valence-electron chi connectivity index (χ1n) is 10.3. The number of guanidine groups is 1. The second-order valence-electron chi connectivity index (χ2n) is 7.71. The summed E-state index contributed by atoms with van der Waals surface area (Å²) in [4.78, 5) is 5.45. The molecule has 1 aromatic carbocycles. The van der Waals surface area contributed by atoms with Crippen molar-refractivity contribution < 1.29 is 22.6 Å². The number of hydrogen-bond donors (Lipinski definition) is 2. The molecule has 10 heteroatoms. The van der Waals surface area contributed by atoms with Gasteiger partial charge in [0.2, 0.25) is 0 Å². The van der Waals surface area contributed by atoms with Crippen LogP contribution in [-0.2, 0) is 11.3 Å². The van der Waals surface area contributed by atoms with Crippen LogP contribution in [0.2, 0.25) is 0 Å². The lowest BCUT2D eigenvalue weighted by Crippen LogP contribution is -2.39. The summed E-state index contributed by atoms with van der Waals surface area (Å²) in [7, 11) is 3.13. The molecule has 1 fully saturated rings. The maximum absolute atomic E-state index is 12.4. The third kappa shape index (κ3) is 11.2. The van der Waals surface area contributed by atoms with Crippen LogP contribution in [0.4, 0.5) is 13.2 Å². The number of benzene rings is 1. The van der Waals surface area contributed by atoms with E-state index in [4.69, 9.17) is 9.47 Å². The summed E-state index contributed by atoms with van der Waals surface area (Å²) in [6.07, 6.45) is -2.57. The fourth-order valence-electron chi connectivity index (χ4n) is 3.21. The summed E-state index contributed by atoms with van der Waals surface area (Å²) >= 11 is 0. The maximum Gasteiger partial charge on any atom is 0.401 e. The maximum atomic E-state index is 12.4. The molecule has 6 nitrogen and oxygen atoms in total. The first-order valence-corrected chi connectivity index (χ1v) is 10.3. The minimum Gasteiger partial charge on any atom is -0.493 e. The number of aryl methyl sites for hydroxylation is 1. The van der Waals surface area contributed by atoms with E-state index >= 15 is 0 Å². The van der Waals surface area contributed by atoms with E-state index in [1.54, 1.807) is 7.05 Å². The Labute approximate surface area is 200 Å². The fourth-order valence-corrected chi connectivity index (χ4v) is 3.21. The molecule has 1 aromatic rings. The summed E-state index contributed by atoms with van der Waals surface area (Å²) in [5, 5.41) is 6.38. The Morgan fingerprint density at radius 1 is 1.32 bits per heavy atom. The van der Waals surface area contributed by atoms with E-state index in [1.807, 2.05) is 25.1 Å². The van der Waals surface area contributed by atoms with Crippen LogP contribution in [0.5, 0.6) is 5.75 Å². The number of nitrogens with one attached hydrogen (secondary N) is 2. The molecular weight excluding hydrogens is 524 g/mol. The van der Waals surface area contributed by atoms with Gasteiger partial charge in [-0.15, -0.1) is 24.0 Å². The van der Waals surface area contributed by atoms with Crippen molar-refractivity contribution in [2.45, 2.75) is 32.5 Å². The first kappa shape index (κ1) is 27.8. The van der Waals surface area contributed by atoms with Crippen molar-refractivity contribution in [2.75, 3.05) is 53.6 Å². The van der Waals surface area contributed by atoms with E-state index < -0.39 is 12.7 Å². The van der Waals surface area contributed by atoms with Crippen LogP contribution in [0.1, 0.15) is 24.0 Å². The molecule has 2 rings (SSSR count). The summed E-state index contributed by atoms with van der Waals surface area (Å²) < 4.78 is 48.5. The summed E-state index contributed by atoms with van der Waals surface area (Å²) in [5.41, 5.74) is 2.15. The Balaban J connectivity index is 0.00000480. The van der Waals surface area contributed by atoms with E-state index in [-0.39, 0.29) is 24.0 Å². The summed E-state index contributed by atoms with van der Waals surface area (Å²) in [6.45, 7) is 4.71. The molecule has 31 heavy (non-hydrogen) atoms. The molecule has 0 spiro atoms. The number of halogens is 4. The molecule has 178 valence electrons. The Morgan fingerprint density at radius 2 is 2.10 bits per heavy atom. The van der Waals surface area contributed by atoms with Gasteiger partial charge in [0.15, 0.2) is 5.96 Å². The highest BCUT2D eigenvalue weighted by atomic mass is 127. The Bertz CT molecular complexity index is 683. The topological polar surface area (TPSA) is 58.1 Å². The molecule has 1 unspecified atom stereocenters. The van der Waals surface area contributed by atoms with E-state index in [9.17, 15) is 13.2 Å². The highest BCUT2D eigenvalue weighted by molar-refractivity contribution is 14.0. The Kier molecular flexibility index (Phi) is 12.5. The molecule has 0 saturated carbocycles. The normalized spacial score (nSPS) is 16.9. The lowest BCUT2D eigenvalue weighted by molar-refractivity contribution is -0.143. The van der Waals surface area contributed by atoms with Crippen LogP contribution >= 0.6 is 24.0 Å². The van der Waals surface area contributed by atoms with Gasteiger partial charge in [0, 0.05) is 38.2 Å². The van der Waals surface area contributed by atoms with Gasteiger partial charge in [-0.3, -0.25) is 9.89 Å². The second-order valence-corrected chi connectivity index (χ2v) is 7.71. The molecule has 0 aromatic heterocycles. The van der Waals surface area contributed by atoms with Gasteiger partial charge in [0.05, 0.1) is 19.8 Å². The molecule has 1 aliphatic rings. The third-order valence-electron chi connectivity index (χ3n) is 4.85.